The van der Waals surface area contributed by atoms with Crippen molar-refractivity contribution < 1.29 is 4.74 Å². The largest absolute Gasteiger partial charge is 0.490 e. The Morgan fingerprint density at radius 2 is 1.95 bits per heavy atom. The maximum absolute atomic E-state index is 5.92. The molecule has 0 N–H and O–H groups in total. The van der Waals surface area contributed by atoms with E-state index in [4.69, 9.17) is 4.74 Å². The van der Waals surface area contributed by atoms with Crippen LogP contribution in [-0.2, 0) is 6.54 Å². The molecule has 2 nitrogen and oxygen atoms in total. The summed E-state index contributed by atoms with van der Waals surface area (Å²) in [5, 5.41) is 1.25. The van der Waals surface area contributed by atoms with Crippen LogP contribution in [0, 0.1) is 5.92 Å². The van der Waals surface area contributed by atoms with E-state index in [0.717, 1.165) is 18.2 Å². The van der Waals surface area contributed by atoms with Crippen molar-refractivity contribution in [3.63, 3.8) is 0 Å². The Labute approximate surface area is 121 Å². The van der Waals surface area contributed by atoms with Gasteiger partial charge in [0.15, 0.2) is 0 Å². The van der Waals surface area contributed by atoms with Crippen LogP contribution in [0.25, 0.3) is 10.9 Å². The fraction of sp³-hybridized carbons (Fsp3) is 0.556. The molecular formula is C18H25NO. The van der Waals surface area contributed by atoms with E-state index >= 15 is 0 Å². The molecule has 1 aromatic carbocycles. The van der Waals surface area contributed by atoms with E-state index in [9.17, 15) is 0 Å². The fourth-order valence-corrected chi connectivity index (χ4v) is 3.36. The summed E-state index contributed by atoms with van der Waals surface area (Å²) in [4.78, 5) is 0. The van der Waals surface area contributed by atoms with Crippen LogP contribution in [0.5, 0.6) is 5.75 Å². The van der Waals surface area contributed by atoms with Crippen molar-refractivity contribution in [3.05, 3.63) is 30.5 Å². The van der Waals surface area contributed by atoms with Gasteiger partial charge in [-0.2, -0.15) is 0 Å². The van der Waals surface area contributed by atoms with E-state index in [2.05, 4.69) is 48.9 Å². The molecule has 108 valence electrons. The van der Waals surface area contributed by atoms with Gasteiger partial charge in [-0.15, -0.1) is 0 Å². The first-order valence-electron chi connectivity index (χ1n) is 7.98. The summed E-state index contributed by atoms with van der Waals surface area (Å²) in [6, 6.07) is 8.60. The van der Waals surface area contributed by atoms with Gasteiger partial charge in [0.1, 0.15) is 5.75 Å². The summed E-state index contributed by atoms with van der Waals surface area (Å²) in [5.74, 6) is 1.87. The second kappa shape index (κ2) is 5.90. The van der Waals surface area contributed by atoms with Crippen molar-refractivity contribution >= 4 is 10.9 Å². The lowest BCUT2D eigenvalue weighted by Gasteiger charge is -2.22. The number of benzene rings is 1. The predicted molar refractivity (Wildman–Crippen MR) is 84.3 cm³/mol. The van der Waals surface area contributed by atoms with Crippen LogP contribution in [0.4, 0.5) is 0 Å². The molecular weight excluding hydrogens is 246 g/mol. The Morgan fingerprint density at radius 1 is 1.15 bits per heavy atom. The van der Waals surface area contributed by atoms with Crippen molar-refractivity contribution in [3.8, 4) is 5.75 Å². The minimum Gasteiger partial charge on any atom is -0.490 e. The Balaban J connectivity index is 1.85. The molecule has 2 heteroatoms. The zero-order valence-electron chi connectivity index (χ0n) is 12.6. The number of fused-ring (bicyclic) bond motifs is 1. The van der Waals surface area contributed by atoms with E-state index < -0.39 is 0 Å². The highest BCUT2D eigenvalue weighted by molar-refractivity contribution is 5.86. The molecule has 0 saturated heterocycles. The highest BCUT2D eigenvalue weighted by Gasteiger charge is 2.15. The van der Waals surface area contributed by atoms with Crippen LogP contribution in [0.15, 0.2) is 30.5 Å². The number of nitrogens with zero attached hydrogens (tertiary/aromatic N) is 1. The van der Waals surface area contributed by atoms with Crippen molar-refractivity contribution in [2.45, 2.75) is 58.6 Å². The molecule has 0 atom stereocenters. The molecule has 0 amide bonds. The second-order valence-corrected chi connectivity index (χ2v) is 6.33. The fourth-order valence-electron chi connectivity index (χ4n) is 3.36. The summed E-state index contributed by atoms with van der Waals surface area (Å²) >= 11 is 0. The molecule has 0 unspecified atom stereocenters. The maximum Gasteiger partial charge on any atom is 0.129 e. The van der Waals surface area contributed by atoms with Gasteiger partial charge in [0.25, 0.3) is 0 Å². The van der Waals surface area contributed by atoms with Crippen LogP contribution in [-0.4, -0.2) is 10.7 Å². The average molecular weight is 271 g/mol. The molecule has 20 heavy (non-hydrogen) atoms. The van der Waals surface area contributed by atoms with Gasteiger partial charge in [0.2, 0.25) is 0 Å². The van der Waals surface area contributed by atoms with Gasteiger partial charge in [-0.25, -0.2) is 0 Å². The van der Waals surface area contributed by atoms with Gasteiger partial charge < -0.3 is 9.30 Å². The smallest absolute Gasteiger partial charge is 0.129 e. The van der Waals surface area contributed by atoms with Gasteiger partial charge in [0.05, 0.1) is 11.6 Å². The third-order valence-corrected chi connectivity index (χ3v) is 4.32. The predicted octanol–water partition coefficient (Wildman–Crippen LogP) is 5.01. The average Bonchev–Trinajstić information content (AvgIpc) is 2.84. The zero-order valence-corrected chi connectivity index (χ0v) is 12.6. The first-order valence-corrected chi connectivity index (χ1v) is 7.98. The van der Waals surface area contributed by atoms with E-state index in [1.165, 1.54) is 43.0 Å². The molecule has 1 aromatic heterocycles. The first-order chi connectivity index (χ1) is 9.74. The SMILES string of the molecule is CC(C)Oc1cccc2c1ccn2CC1CCCCC1. The number of ether oxygens (including phenoxy) is 1. The van der Waals surface area contributed by atoms with Gasteiger partial charge in [-0.05, 0) is 50.8 Å². The number of aromatic nitrogens is 1. The van der Waals surface area contributed by atoms with Gasteiger partial charge in [0, 0.05) is 18.1 Å². The Kier molecular flexibility index (Phi) is 4.00. The monoisotopic (exact) mass is 271 g/mol. The molecule has 0 radical (unpaired) electrons. The Hall–Kier alpha value is -1.44. The lowest BCUT2D eigenvalue weighted by molar-refractivity contribution is 0.245. The van der Waals surface area contributed by atoms with Crippen LogP contribution < -0.4 is 4.74 Å². The standard InChI is InChI=1S/C18H25NO/c1-14(2)20-18-10-6-9-17-16(18)11-12-19(17)13-15-7-4-3-5-8-15/h6,9-12,14-15H,3-5,7-8,13H2,1-2H3. The number of hydrogen-bond donors (Lipinski definition) is 0. The van der Waals surface area contributed by atoms with E-state index in [-0.39, 0.29) is 6.10 Å². The summed E-state index contributed by atoms with van der Waals surface area (Å²) in [6.07, 6.45) is 9.48. The van der Waals surface area contributed by atoms with Gasteiger partial charge in [-0.1, -0.05) is 25.3 Å². The molecule has 1 saturated carbocycles. The van der Waals surface area contributed by atoms with E-state index in [1.807, 2.05) is 0 Å². The topological polar surface area (TPSA) is 14.2 Å². The normalized spacial score (nSPS) is 16.9. The van der Waals surface area contributed by atoms with Crippen LogP contribution in [0.2, 0.25) is 0 Å². The molecule has 3 rings (SSSR count). The summed E-state index contributed by atoms with van der Waals surface area (Å²) in [5.41, 5.74) is 1.31. The highest BCUT2D eigenvalue weighted by atomic mass is 16.5. The molecule has 2 aromatic rings. The molecule has 0 bridgehead atoms. The summed E-state index contributed by atoms with van der Waals surface area (Å²) in [6.45, 7) is 5.32. The van der Waals surface area contributed by atoms with Crippen molar-refractivity contribution in [1.82, 2.24) is 4.57 Å². The number of hydrogen-bond acceptors (Lipinski definition) is 1. The van der Waals surface area contributed by atoms with Crippen LogP contribution >= 0.6 is 0 Å². The van der Waals surface area contributed by atoms with Crippen molar-refractivity contribution in [2.24, 2.45) is 5.92 Å². The quantitative estimate of drug-likeness (QED) is 0.762. The van der Waals surface area contributed by atoms with Crippen LogP contribution in [0.1, 0.15) is 46.0 Å². The molecule has 1 fully saturated rings. The molecule has 1 aliphatic rings. The van der Waals surface area contributed by atoms with Gasteiger partial charge in [-0.3, -0.25) is 0 Å². The first kappa shape index (κ1) is 13.5. The Morgan fingerprint density at radius 3 is 2.70 bits per heavy atom. The number of rotatable bonds is 4. The van der Waals surface area contributed by atoms with E-state index in [1.54, 1.807) is 0 Å². The minimum absolute atomic E-state index is 0.224. The van der Waals surface area contributed by atoms with E-state index in [0.29, 0.717) is 0 Å². The highest BCUT2D eigenvalue weighted by Crippen LogP contribution is 2.30. The molecule has 1 heterocycles. The van der Waals surface area contributed by atoms with Gasteiger partial charge >= 0.3 is 0 Å². The lowest BCUT2D eigenvalue weighted by Crippen LogP contribution is -2.13. The molecule has 0 aliphatic heterocycles. The van der Waals surface area contributed by atoms with Crippen molar-refractivity contribution in [1.29, 1.82) is 0 Å². The summed E-state index contributed by atoms with van der Waals surface area (Å²) in [7, 11) is 0. The summed E-state index contributed by atoms with van der Waals surface area (Å²) < 4.78 is 8.33. The maximum atomic E-state index is 5.92. The molecule has 1 aliphatic carbocycles. The second-order valence-electron chi connectivity index (χ2n) is 6.33. The lowest BCUT2D eigenvalue weighted by atomic mass is 9.89. The van der Waals surface area contributed by atoms with Crippen LogP contribution in [0.3, 0.4) is 0 Å². The third kappa shape index (κ3) is 2.84. The Bertz CT molecular complexity index is 564. The minimum atomic E-state index is 0.224. The third-order valence-electron chi connectivity index (χ3n) is 4.32. The molecule has 0 spiro atoms. The zero-order chi connectivity index (χ0) is 13.9. The van der Waals surface area contributed by atoms with Crippen molar-refractivity contribution in [2.75, 3.05) is 0 Å².